The molecule has 0 aliphatic rings. The summed E-state index contributed by atoms with van der Waals surface area (Å²) in [6.07, 6.45) is 0. The van der Waals surface area contributed by atoms with Crippen LogP contribution in [0.25, 0.3) is 22.4 Å². The smallest absolute Gasteiger partial charge is 0.150 e. The Balaban J connectivity index is 2.19. The van der Waals surface area contributed by atoms with Gasteiger partial charge in [-0.3, -0.25) is 0 Å². The Morgan fingerprint density at radius 3 is 2.67 bits per heavy atom. The van der Waals surface area contributed by atoms with Gasteiger partial charge in [-0.1, -0.05) is 18.2 Å². The number of aromatic amines is 1. The molecular weight excluding hydrogens is 186 g/mol. The van der Waals surface area contributed by atoms with Gasteiger partial charge in [-0.15, -0.1) is 0 Å². The third kappa shape index (κ3) is 1.34. The number of para-hydroxylation sites is 1. The zero-order chi connectivity index (χ0) is 10.3. The summed E-state index contributed by atoms with van der Waals surface area (Å²) in [7, 11) is 0. The molecule has 2 heterocycles. The van der Waals surface area contributed by atoms with Crippen LogP contribution in [-0.2, 0) is 0 Å². The number of fused-ring (bicyclic) bond motifs is 1. The summed E-state index contributed by atoms with van der Waals surface area (Å²) in [6, 6.07) is 14.3. The quantitative estimate of drug-likeness (QED) is 0.632. The van der Waals surface area contributed by atoms with E-state index in [4.69, 9.17) is 4.42 Å². The number of furan rings is 1. The van der Waals surface area contributed by atoms with E-state index in [9.17, 15) is 0 Å². The van der Waals surface area contributed by atoms with Crippen LogP contribution in [0, 0.1) is 6.92 Å². The first-order chi connectivity index (χ1) is 7.33. The highest BCUT2D eigenvalue weighted by atomic mass is 16.3. The molecule has 2 heteroatoms. The molecule has 2 aromatic heterocycles. The fourth-order valence-electron chi connectivity index (χ4n) is 1.79. The number of H-pyrrole nitrogens is 1. The topological polar surface area (TPSA) is 28.9 Å². The first-order valence-corrected chi connectivity index (χ1v) is 4.97. The van der Waals surface area contributed by atoms with E-state index in [-0.39, 0.29) is 0 Å². The zero-order valence-corrected chi connectivity index (χ0v) is 8.45. The molecule has 0 unspecified atom stereocenters. The number of aromatic nitrogens is 1. The van der Waals surface area contributed by atoms with Crippen LogP contribution in [0.3, 0.4) is 0 Å². The van der Waals surface area contributed by atoms with Crippen LogP contribution in [0.1, 0.15) is 5.76 Å². The van der Waals surface area contributed by atoms with E-state index in [1.54, 1.807) is 0 Å². The highest BCUT2D eigenvalue weighted by molar-refractivity contribution is 5.84. The fourth-order valence-corrected chi connectivity index (χ4v) is 1.79. The van der Waals surface area contributed by atoms with Gasteiger partial charge in [-0.05, 0) is 31.2 Å². The standard InChI is InChI=1S/C13H11NO/c1-9-6-7-13(15-9)12-8-10-4-2-3-5-11(10)14-12/h2-8,14H,1H3. The lowest BCUT2D eigenvalue weighted by Crippen LogP contribution is -1.70. The summed E-state index contributed by atoms with van der Waals surface area (Å²) in [6.45, 7) is 1.95. The van der Waals surface area contributed by atoms with Crippen LogP contribution in [0.4, 0.5) is 0 Å². The third-order valence-electron chi connectivity index (χ3n) is 2.54. The van der Waals surface area contributed by atoms with Gasteiger partial charge in [0.2, 0.25) is 0 Å². The SMILES string of the molecule is Cc1ccc(-c2cc3ccccc3[nH]2)o1. The molecule has 74 valence electrons. The van der Waals surface area contributed by atoms with Gasteiger partial charge in [0.05, 0.1) is 5.69 Å². The summed E-state index contributed by atoms with van der Waals surface area (Å²) in [5.41, 5.74) is 2.17. The predicted molar refractivity (Wildman–Crippen MR) is 60.7 cm³/mol. The number of hydrogen-bond acceptors (Lipinski definition) is 1. The van der Waals surface area contributed by atoms with E-state index in [0.717, 1.165) is 22.7 Å². The van der Waals surface area contributed by atoms with E-state index in [0.29, 0.717) is 0 Å². The summed E-state index contributed by atoms with van der Waals surface area (Å²) < 4.78 is 5.57. The van der Waals surface area contributed by atoms with E-state index in [2.05, 4.69) is 23.2 Å². The van der Waals surface area contributed by atoms with Crippen molar-refractivity contribution in [3.05, 3.63) is 48.2 Å². The van der Waals surface area contributed by atoms with Gasteiger partial charge in [-0.2, -0.15) is 0 Å². The normalized spacial score (nSPS) is 11.0. The molecule has 0 atom stereocenters. The van der Waals surface area contributed by atoms with Crippen molar-refractivity contribution in [2.45, 2.75) is 6.92 Å². The van der Waals surface area contributed by atoms with Crippen molar-refractivity contribution in [2.24, 2.45) is 0 Å². The van der Waals surface area contributed by atoms with Gasteiger partial charge in [0.15, 0.2) is 0 Å². The minimum Gasteiger partial charge on any atom is -0.460 e. The van der Waals surface area contributed by atoms with E-state index in [1.807, 2.05) is 31.2 Å². The maximum atomic E-state index is 5.57. The Bertz CT molecular complexity index is 571. The second-order valence-electron chi connectivity index (χ2n) is 3.68. The number of hydrogen-bond donors (Lipinski definition) is 1. The van der Waals surface area contributed by atoms with Crippen LogP contribution in [0.2, 0.25) is 0 Å². The highest BCUT2D eigenvalue weighted by Crippen LogP contribution is 2.25. The molecule has 3 aromatic rings. The molecule has 0 amide bonds. The molecule has 0 spiro atoms. The average molecular weight is 197 g/mol. The Morgan fingerprint density at radius 2 is 1.93 bits per heavy atom. The monoisotopic (exact) mass is 197 g/mol. The molecular formula is C13H11NO. The fraction of sp³-hybridized carbons (Fsp3) is 0.0769. The molecule has 0 aliphatic heterocycles. The van der Waals surface area contributed by atoms with E-state index >= 15 is 0 Å². The Labute approximate surface area is 87.5 Å². The van der Waals surface area contributed by atoms with E-state index < -0.39 is 0 Å². The maximum absolute atomic E-state index is 5.57. The van der Waals surface area contributed by atoms with Gasteiger partial charge in [-0.25, -0.2) is 0 Å². The molecule has 1 N–H and O–H groups in total. The lowest BCUT2D eigenvalue weighted by Gasteiger charge is -1.89. The van der Waals surface area contributed by atoms with Crippen LogP contribution < -0.4 is 0 Å². The third-order valence-corrected chi connectivity index (χ3v) is 2.54. The molecule has 3 rings (SSSR count). The lowest BCUT2D eigenvalue weighted by molar-refractivity contribution is 0.547. The van der Waals surface area contributed by atoms with Crippen molar-refractivity contribution in [1.29, 1.82) is 0 Å². The lowest BCUT2D eigenvalue weighted by atomic mass is 10.2. The summed E-state index contributed by atoms with van der Waals surface area (Å²) >= 11 is 0. The summed E-state index contributed by atoms with van der Waals surface area (Å²) in [5, 5.41) is 1.21. The minimum atomic E-state index is 0.892. The molecule has 0 saturated heterocycles. The second-order valence-corrected chi connectivity index (χ2v) is 3.68. The van der Waals surface area contributed by atoms with Crippen molar-refractivity contribution < 1.29 is 4.42 Å². The van der Waals surface area contributed by atoms with Gasteiger partial charge >= 0.3 is 0 Å². The highest BCUT2D eigenvalue weighted by Gasteiger charge is 2.05. The maximum Gasteiger partial charge on any atom is 0.150 e. The van der Waals surface area contributed by atoms with Crippen LogP contribution in [0.15, 0.2) is 46.9 Å². The molecule has 0 radical (unpaired) electrons. The van der Waals surface area contributed by atoms with Crippen LogP contribution >= 0.6 is 0 Å². The molecule has 2 nitrogen and oxygen atoms in total. The average Bonchev–Trinajstić information content (AvgIpc) is 2.82. The number of nitrogens with one attached hydrogen (secondary N) is 1. The van der Waals surface area contributed by atoms with E-state index in [1.165, 1.54) is 5.39 Å². The summed E-state index contributed by atoms with van der Waals surface area (Å²) in [5.74, 6) is 1.83. The summed E-state index contributed by atoms with van der Waals surface area (Å²) in [4.78, 5) is 3.33. The number of rotatable bonds is 1. The number of aryl methyl sites for hydroxylation is 1. The molecule has 0 bridgehead atoms. The van der Waals surface area contributed by atoms with Crippen LogP contribution in [-0.4, -0.2) is 4.98 Å². The molecule has 1 aromatic carbocycles. The largest absolute Gasteiger partial charge is 0.460 e. The Morgan fingerprint density at radius 1 is 1.07 bits per heavy atom. The molecule has 15 heavy (non-hydrogen) atoms. The first kappa shape index (κ1) is 8.36. The first-order valence-electron chi connectivity index (χ1n) is 4.97. The van der Waals surface area contributed by atoms with Crippen molar-refractivity contribution in [2.75, 3.05) is 0 Å². The molecule has 0 saturated carbocycles. The Hall–Kier alpha value is -1.96. The Kier molecular flexibility index (Phi) is 1.68. The van der Waals surface area contributed by atoms with Crippen molar-refractivity contribution in [3.8, 4) is 11.5 Å². The van der Waals surface area contributed by atoms with Gasteiger partial charge < -0.3 is 9.40 Å². The van der Waals surface area contributed by atoms with Crippen molar-refractivity contribution >= 4 is 10.9 Å². The van der Waals surface area contributed by atoms with Gasteiger partial charge in [0.25, 0.3) is 0 Å². The number of benzene rings is 1. The molecule has 0 fully saturated rings. The molecule has 0 aliphatic carbocycles. The van der Waals surface area contributed by atoms with Crippen LogP contribution in [0.5, 0.6) is 0 Å². The predicted octanol–water partition coefficient (Wildman–Crippen LogP) is 3.74. The van der Waals surface area contributed by atoms with Crippen molar-refractivity contribution in [3.63, 3.8) is 0 Å². The van der Waals surface area contributed by atoms with Gasteiger partial charge in [0.1, 0.15) is 11.5 Å². The second kappa shape index (κ2) is 3.02. The van der Waals surface area contributed by atoms with Gasteiger partial charge in [0, 0.05) is 10.9 Å². The zero-order valence-electron chi connectivity index (χ0n) is 8.45. The minimum absolute atomic E-state index is 0.892. The van der Waals surface area contributed by atoms with Crippen molar-refractivity contribution in [1.82, 2.24) is 4.98 Å².